The molecule has 0 radical (unpaired) electrons. The van der Waals surface area contributed by atoms with E-state index >= 15 is 0 Å². The summed E-state index contributed by atoms with van der Waals surface area (Å²) in [6, 6.07) is 12.4. The molecular weight excluding hydrogens is 259 g/mol. The fourth-order valence-electron chi connectivity index (χ4n) is 1.34. The number of rotatable bonds is 3. The maximum atomic E-state index is 6.00. The summed E-state index contributed by atoms with van der Waals surface area (Å²) < 4.78 is 10.7. The van der Waals surface area contributed by atoms with Gasteiger partial charge in [-0.25, -0.2) is 0 Å². The zero-order valence-electron chi connectivity index (χ0n) is 9.11. The third-order valence-corrected chi connectivity index (χ3v) is 2.79. The second-order valence-corrected chi connectivity index (χ2v) is 4.14. The second-order valence-electron chi connectivity index (χ2n) is 3.33. The van der Waals surface area contributed by atoms with Gasteiger partial charge >= 0.3 is 0 Å². The van der Waals surface area contributed by atoms with Crippen molar-refractivity contribution in [3.05, 3.63) is 52.5 Å². The molecule has 2 aromatic rings. The summed E-state index contributed by atoms with van der Waals surface area (Å²) in [4.78, 5) is 0. The van der Waals surface area contributed by atoms with Crippen molar-refractivity contribution < 1.29 is 9.47 Å². The predicted octanol–water partition coefficient (Wildman–Crippen LogP) is 4.79. The van der Waals surface area contributed by atoms with Gasteiger partial charge in [-0.2, -0.15) is 0 Å². The standard InChI is InChI=1S/C13H10Cl2O2/c1-16-9-5-7-10(8-6-9)17-13-11(14)3-2-4-12(13)15/h2-8H,1H3. The third kappa shape index (κ3) is 2.84. The number of hydrogen-bond acceptors (Lipinski definition) is 2. The molecule has 4 heteroatoms. The lowest BCUT2D eigenvalue weighted by molar-refractivity contribution is 0.413. The van der Waals surface area contributed by atoms with Gasteiger partial charge in [0.15, 0.2) is 5.75 Å². The van der Waals surface area contributed by atoms with Crippen molar-refractivity contribution in [3.8, 4) is 17.2 Å². The van der Waals surface area contributed by atoms with Crippen molar-refractivity contribution >= 4 is 23.2 Å². The lowest BCUT2D eigenvalue weighted by atomic mass is 10.3. The molecule has 17 heavy (non-hydrogen) atoms. The molecule has 0 atom stereocenters. The fourth-order valence-corrected chi connectivity index (χ4v) is 1.82. The molecule has 0 aromatic heterocycles. The van der Waals surface area contributed by atoms with Gasteiger partial charge in [-0.05, 0) is 36.4 Å². The highest BCUT2D eigenvalue weighted by Crippen LogP contribution is 2.36. The first-order valence-electron chi connectivity index (χ1n) is 4.96. The van der Waals surface area contributed by atoms with Crippen LogP contribution in [0.5, 0.6) is 17.2 Å². The lowest BCUT2D eigenvalue weighted by Gasteiger charge is -2.09. The zero-order valence-corrected chi connectivity index (χ0v) is 10.6. The summed E-state index contributed by atoms with van der Waals surface area (Å²) in [6.45, 7) is 0. The summed E-state index contributed by atoms with van der Waals surface area (Å²) in [5.74, 6) is 1.88. The van der Waals surface area contributed by atoms with Crippen LogP contribution in [-0.4, -0.2) is 7.11 Å². The molecule has 0 bridgehead atoms. The minimum absolute atomic E-state index is 0.459. The molecule has 0 N–H and O–H groups in total. The Morgan fingerprint density at radius 1 is 0.824 bits per heavy atom. The van der Waals surface area contributed by atoms with Gasteiger partial charge in [0.25, 0.3) is 0 Å². The summed E-state index contributed by atoms with van der Waals surface area (Å²) in [5.41, 5.74) is 0. The quantitative estimate of drug-likeness (QED) is 0.797. The highest BCUT2D eigenvalue weighted by molar-refractivity contribution is 6.37. The van der Waals surface area contributed by atoms with Crippen LogP contribution < -0.4 is 9.47 Å². The molecule has 0 aliphatic rings. The molecule has 88 valence electrons. The van der Waals surface area contributed by atoms with Gasteiger partial charge in [0.05, 0.1) is 17.2 Å². The Morgan fingerprint density at radius 3 is 1.88 bits per heavy atom. The molecule has 2 nitrogen and oxygen atoms in total. The van der Waals surface area contributed by atoms with Crippen molar-refractivity contribution in [1.29, 1.82) is 0 Å². The Hall–Kier alpha value is -1.38. The van der Waals surface area contributed by atoms with Crippen molar-refractivity contribution in [2.45, 2.75) is 0 Å². The molecule has 0 unspecified atom stereocenters. The predicted molar refractivity (Wildman–Crippen MR) is 69.5 cm³/mol. The molecule has 0 fully saturated rings. The van der Waals surface area contributed by atoms with E-state index in [0.29, 0.717) is 21.5 Å². The van der Waals surface area contributed by atoms with Gasteiger partial charge in [-0.1, -0.05) is 29.3 Å². The Kier molecular flexibility index (Phi) is 3.77. The Morgan fingerprint density at radius 2 is 1.35 bits per heavy atom. The SMILES string of the molecule is COc1ccc(Oc2c(Cl)cccc2Cl)cc1. The van der Waals surface area contributed by atoms with E-state index in [0.717, 1.165) is 5.75 Å². The molecule has 2 aromatic carbocycles. The Bertz CT molecular complexity index is 489. The van der Waals surface area contributed by atoms with Crippen molar-refractivity contribution in [3.63, 3.8) is 0 Å². The molecule has 0 spiro atoms. The molecule has 0 aliphatic heterocycles. The van der Waals surface area contributed by atoms with Crippen molar-refractivity contribution in [2.75, 3.05) is 7.11 Å². The number of benzene rings is 2. The molecule has 2 rings (SSSR count). The number of halogens is 2. The first-order chi connectivity index (χ1) is 8.20. The van der Waals surface area contributed by atoms with Gasteiger partial charge < -0.3 is 9.47 Å². The van der Waals surface area contributed by atoms with E-state index in [4.69, 9.17) is 32.7 Å². The van der Waals surface area contributed by atoms with Crippen LogP contribution in [0.1, 0.15) is 0 Å². The molecule has 0 saturated carbocycles. The average molecular weight is 269 g/mol. The minimum atomic E-state index is 0.459. The van der Waals surface area contributed by atoms with E-state index in [1.807, 2.05) is 0 Å². The fraction of sp³-hybridized carbons (Fsp3) is 0.0769. The molecule has 0 amide bonds. The number of methoxy groups -OCH3 is 1. The van der Waals surface area contributed by atoms with Gasteiger partial charge in [0.1, 0.15) is 11.5 Å². The smallest absolute Gasteiger partial charge is 0.164 e. The average Bonchev–Trinajstić information content (AvgIpc) is 2.35. The molecule has 0 heterocycles. The summed E-state index contributed by atoms with van der Waals surface area (Å²) in [5, 5.41) is 0.960. The monoisotopic (exact) mass is 268 g/mol. The van der Waals surface area contributed by atoms with Gasteiger partial charge in [0.2, 0.25) is 0 Å². The van der Waals surface area contributed by atoms with Crippen LogP contribution in [0.2, 0.25) is 10.0 Å². The normalized spacial score (nSPS) is 10.1. The van der Waals surface area contributed by atoms with Crippen LogP contribution >= 0.6 is 23.2 Å². The molecule has 0 saturated heterocycles. The maximum Gasteiger partial charge on any atom is 0.164 e. The number of para-hydroxylation sites is 1. The third-order valence-electron chi connectivity index (χ3n) is 2.20. The highest BCUT2D eigenvalue weighted by Gasteiger charge is 2.07. The van der Waals surface area contributed by atoms with Crippen molar-refractivity contribution in [1.82, 2.24) is 0 Å². The minimum Gasteiger partial charge on any atom is -0.497 e. The Labute approximate surface area is 110 Å². The van der Waals surface area contributed by atoms with E-state index in [1.54, 1.807) is 49.6 Å². The largest absolute Gasteiger partial charge is 0.497 e. The topological polar surface area (TPSA) is 18.5 Å². The van der Waals surface area contributed by atoms with E-state index in [9.17, 15) is 0 Å². The van der Waals surface area contributed by atoms with Gasteiger partial charge in [0, 0.05) is 0 Å². The van der Waals surface area contributed by atoms with Gasteiger partial charge in [-0.15, -0.1) is 0 Å². The van der Waals surface area contributed by atoms with E-state index in [2.05, 4.69) is 0 Å². The van der Waals surface area contributed by atoms with Crippen LogP contribution in [0.4, 0.5) is 0 Å². The zero-order chi connectivity index (χ0) is 12.3. The van der Waals surface area contributed by atoms with Crippen LogP contribution in [-0.2, 0) is 0 Å². The van der Waals surface area contributed by atoms with Crippen LogP contribution in [0.3, 0.4) is 0 Å². The molecular formula is C13H10Cl2O2. The second kappa shape index (κ2) is 5.30. The van der Waals surface area contributed by atoms with E-state index < -0.39 is 0 Å². The van der Waals surface area contributed by atoms with E-state index in [-0.39, 0.29) is 0 Å². The maximum absolute atomic E-state index is 6.00. The Balaban J connectivity index is 2.25. The number of ether oxygens (including phenoxy) is 2. The first-order valence-corrected chi connectivity index (χ1v) is 5.72. The van der Waals surface area contributed by atoms with Crippen molar-refractivity contribution in [2.24, 2.45) is 0 Å². The van der Waals surface area contributed by atoms with E-state index in [1.165, 1.54) is 0 Å². The highest BCUT2D eigenvalue weighted by atomic mass is 35.5. The lowest BCUT2D eigenvalue weighted by Crippen LogP contribution is -1.87. The summed E-state index contributed by atoms with van der Waals surface area (Å²) in [6.07, 6.45) is 0. The molecule has 0 aliphatic carbocycles. The van der Waals surface area contributed by atoms with Crippen LogP contribution in [0, 0.1) is 0 Å². The number of hydrogen-bond donors (Lipinski definition) is 0. The summed E-state index contributed by atoms with van der Waals surface area (Å²) in [7, 11) is 1.61. The van der Waals surface area contributed by atoms with Crippen LogP contribution in [0.15, 0.2) is 42.5 Å². The summed E-state index contributed by atoms with van der Waals surface area (Å²) >= 11 is 12.0. The van der Waals surface area contributed by atoms with Crippen LogP contribution in [0.25, 0.3) is 0 Å². The first kappa shape index (κ1) is 12.1. The van der Waals surface area contributed by atoms with Gasteiger partial charge in [-0.3, -0.25) is 0 Å².